The van der Waals surface area contributed by atoms with Gasteiger partial charge in [-0.15, -0.1) is 11.3 Å². The second kappa shape index (κ2) is 6.86. The van der Waals surface area contributed by atoms with Crippen LogP contribution in [0.1, 0.15) is 20.7 Å². The van der Waals surface area contributed by atoms with Crippen molar-refractivity contribution in [2.24, 2.45) is 0 Å². The molecule has 134 valence electrons. The number of nitrogens with zero attached hydrogens (tertiary/aromatic N) is 2. The van der Waals surface area contributed by atoms with Gasteiger partial charge in [-0.2, -0.15) is 0 Å². The van der Waals surface area contributed by atoms with Gasteiger partial charge in [0.2, 0.25) is 0 Å². The molecule has 2 N–H and O–H groups in total. The number of hydrogen-bond donors (Lipinski definition) is 2. The Balaban J connectivity index is 1.68. The summed E-state index contributed by atoms with van der Waals surface area (Å²) in [6.07, 6.45) is 5.02. The smallest absolute Gasteiger partial charge is 0.339 e. The van der Waals surface area contributed by atoms with Crippen LogP contribution in [-0.4, -0.2) is 26.4 Å². The number of carboxylic acid groups (broad SMARTS) is 1. The quantitative estimate of drug-likeness (QED) is 0.524. The van der Waals surface area contributed by atoms with Gasteiger partial charge in [-0.05, 0) is 29.8 Å². The van der Waals surface area contributed by atoms with E-state index >= 15 is 0 Å². The van der Waals surface area contributed by atoms with Gasteiger partial charge in [-0.3, -0.25) is 4.79 Å². The summed E-state index contributed by atoms with van der Waals surface area (Å²) in [4.78, 5) is 28.5. The fourth-order valence-corrected chi connectivity index (χ4v) is 3.82. The van der Waals surface area contributed by atoms with Crippen LogP contribution in [0.3, 0.4) is 0 Å². The van der Waals surface area contributed by atoms with E-state index in [0.717, 1.165) is 5.65 Å². The lowest BCUT2D eigenvalue weighted by molar-refractivity contribution is 0.0699. The van der Waals surface area contributed by atoms with Gasteiger partial charge < -0.3 is 14.8 Å². The number of imidazole rings is 1. The van der Waals surface area contributed by atoms with E-state index in [9.17, 15) is 14.7 Å². The highest BCUT2D eigenvalue weighted by Gasteiger charge is 2.21. The molecular weight excluding hydrogens is 386 g/mol. The second-order valence-electron chi connectivity index (χ2n) is 5.73. The van der Waals surface area contributed by atoms with Gasteiger partial charge in [0, 0.05) is 34.6 Å². The Kier molecular flexibility index (Phi) is 4.39. The van der Waals surface area contributed by atoms with E-state index < -0.39 is 11.9 Å². The van der Waals surface area contributed by atoms with E-state index in [1.54, 1.807) is 64.8 Å². The largest absolute Gasteiger partial charge is 0.478 e. The van der Waals surface area contributed by atoms with Crippen LogP contribution in [0.25, 0.3) is 16.8 Å². The molecule has 1 amide bonds. The van der Waals surface area contributed by atoms with Crippen molar-refractivity contribution in [1.29, 1.82) is 0 Å². The first-order chi connectivity index (χ1) is 13.0. The van der Waals surface area contributed by atoms with E-state index in [1.165, 1.54) is 11.3 Å². The highest BCUT2D eigenvalue weighted by molar-refractivity contribution is 7.15. The van der Waals surface area contributed by atoms with E-state index in [4.69, 9.17) is 11.6 Å². The minimum atomic E-state index is -1.11. The molecular formula is C19H12ClN3O3S. The third kappa shape index (κ3) is 3.30. The number of thiophene rings is 1. The molecule has 8 heteroatoms. The molecule has 0 aliphatic rings. The molecule has 0 fully saturated rings. The normalized spacial score (nSPS) is 10.9. The van der Waals surface area contributed by atoms with Crippen molar-refractivity contribution in [3.63, 3.8) is 0 Å². The van der Waals surface area contributed by atoms with Crippen LogP contribution >= 0.6 is 22.9 Å². The predicted molar refractivity (Wildman–Crippen MR) is 105 cm³/mol. The van der Waals surface area contributed by atoms with E-state index in [2.05, 4.69) is 10.3 Å². The fourth-order valence-electron chi connectivity index (χ4n) is 2.73. The van der Waals surface area contributed by atoms with Gasteiger partial charge in [0.05, 0.1) is 5.56 Å². The number of rotatable bonds is 4. The molecule has 0 unspecified atom stereocenters. The Morgan fingerprint density at radius 2 is 1.93 bits per heavy atom. The number of aromatic nitrogens is 2. The molecule has 1 aromatic carbocycles. The minimum absolute atomic E-state index is 0.0550. The first-order valence-corrected chi connectivity index (χ1v) is 9.13. The summed E-state index contributed by atoms with van der Waals surface area (Å²) in [5.41, 5.74) is 2.43. The standard InChI is InChI=1S/C19H12ClN3O3S/c20-13-4-1-11(2-5-13)14-10-27-18(16(14)19(25)26)22-17(24)12-3-6-15-21-7-8-23(15)9-12/h1-10H,(H,22,24)(H,25,26). The molecule has 6 nitrogen and oxygen atoms in total. The molecule has 0 aliphatic carbocycles. The lowest BCUT2D eigenvalue weighted by Crippen LogP contribution is -2.14. The number of halogens is 1. The number of pyridine rings is 1. The first-order valence-electron chi connectivity index (χ1n) is 7.88. The molecule has 4 rings (SSSR count). The number of fused-ring (bicyclic) bond motifs is 1. The molecule has 0 saturated carbocycles. The number of aromatic carboxylic acids is 1. The van der Waals surface area contributed by atoms with E-state index in [-0.39, 0.29) is 10.6 Å². The summed E-state index contributed by atoms with van der Waals surface area (Å²) < 4.78 is 1.72. The molecule has 3 heterocycles. The molecule has 0 saturated heterocycles. The molecule has 27 heavy (non-hydrogen) atoms. The molecule has 0 aliphatic heterocycles. The van der Waals surface area contributed by atoms with Crippen molar-refractivity contribution < 1.29 is 14.7 Å². The van der Waals surface area contributed by atoms with Crippen LogP contribution in [0.15, 0.2) is 60.4 Å². The summed E-state index contributed by atoms with van der Waals surface area (Å²) in [6.45, 7) is 0. The summed E-state index contributed by atoms with van der Waals surface area (Å²) >= 11 is 7.07. The third-order valence-corrected chi connectivity index (χ3v) is 5.19. The summed E-state index contributed by atoms with van der Waals surface area (Å²) in [5.74, 6) is -1.50. The number of benzene rings is 1. The number of carbonyl (C=O) groups excluding carboxylic acids is 1. The van der Waals surface area contributed by atoms with Gasteiger partial charge in [-0.25, -0.2) is 9.78 Å². The molecule has 0 radical (unpaired) electrons. The predicted octanol–water partition coefficient (Wildman–Crippen LogP) is 4.67. The van der Waals surface area contributed by atoms with Gasteiger partial charge in [0.1, 0.15) is 16.2 Å². The Morgan fingerprint density at radius 3 is 2.67 bits per heavy atom. The lowest BCUT2D eigenvalue weighted by Gasteiger charge is -2.07. The van der Waals surface area contributed by atoms with Crippen LogP contribution in [0.2, 0.25) is 5.02 Å². The van der Waals surface area contributed by atoms with Crippen molar-refractivity contribution >= 4 is 45.5 Å². The number of amides is 1. The Morgan fingerprint density at radius 1 is 1.15 bits per heavy atom. The minimum Gasteiger partial charge on any atom is -0.478 e. The van der Waals surface area contributed by atoms with Crippen LogP contribution in [0, 0.1) is 0 Å². The maximum absolute atomic E-state index is 12.6. The lowest BCUT2D eigenvalue weighted by atomic mass is 10.0. The average molecular weight is 398 g/mol. The first kappa shape index (κ1) is 17.3. The summed E-state index contributed by atoms with van der Waals surface area (Å²) in [7, 11) is 0. The highest BCUT2D eigenvalue weighted by Crippen LogP contribution is 2.36. The van der Waals surface area contributed by atoms with Crippen LogP contribution in [0.4, 0.5) is 5.00 Å². The van der Waals surface area contributed by atoms with Crippen LogP contribution < -0.4 is 5.32 Å². The highest BCUT2D eigenvalue weighted by atomic mass is 35.5. The zero-order valence-corrected chi connectivity index (χ0v) is 15.3. The number of hydrogen-bond acceptors (Lipinski definition) is 4. The molecule has 4 aromatic rings. The number of nitrogens with one attached hydrogen (secondary N) is 1. The summed E-state index contributed by atoms with van der Waals surface area (Å²) in [6, 6.07) is 10.2. The summed E-state index contributed by atoms with van der Waals surface area (Å²) in [5, 5.41) is 14.9. The molecule has 0 atom stereocenters. The second-order valence-corrected chi connectivity index (χ2v) is 7.05. The Bertz CT molecular complexity index is 1160. The zero-order chi connectivity index (χ0) is 19.0. The number of anilines is 1. The fraction of sp³-hybridized carbons (Fsp3) is 0. The van der Waals surface area contributed by atoms with Crippen molar-refractivity contribution in [3.8, 4) is 11.1 Å². The van der Waals surface area contributed by atoms with Crippen molar-refractivity contribution in [2.75, 3.05) is 5.32 Å². The van der Waals surface area contributed by atoms with Gasteiger partial charge in [-0.1, -0.05) is 23.7 Å². The van der Waals surface area contributed by atoms with E-state index in [0.29, 0.717) is 21.7 Å². The topological polar surface area (TPSA) is 83.7 Å². The maximum atomic E-state index is 12.6. The monoisotopic (exact) mass is 397 g/mol. The van der Waals surface area contributed by atoms with Crippen molar-refractivity contribution in [2.45, 2.75) is 0 Å². The zero-order valence-electron chi connectivity index (χ0n) is 13.7. The van der Waals surface area contributed by atoms with Gasteiger partial charge in [0.15, 0.2) is 0 Å². The maximum Gasteiger partial charge on any atom is 0.339 e. The number of carbonyl (C=O) groups is 2. The Hall–Kier alpha value is -3.16. The van der Waals surface area contributed by atoms with Gasteiger partial charge >= 0.3 is 5.97 Å². The molecule has 3 aromatic heterocycles. The van der Waals surface area contributed by atoms with E-state index in [1.807, 2.05) is 0 Å². The van der Waals surface area contributed by atoms with Crippen LogP contribution in [0.5, 0.6) is 0 Å². The molecule has 0 spiro atoms. The Labute approximate surface area is 162 Å². The van der Waals surface area contributed by atoms with Crippen LogP contribution in [-0.2, 0) is 0 Å². The van der Waals surface area contributed by atoms with Crippen molar-refractivity contribution in [1.82, 2.24) is 9.38 Å². The number of carboxylic acids is 1. The molecule has 0 bridgehead atoms. The van der Waals surface area contributed by atoms with Gasteiger partial charge in [0.25, 0.3) is 5.91 Å². The average Bonchev–Trinajstić information content (AvgIpc) is 3.28. The SMILES string of the molecule is O=C(Nc1scc(-c2ccc(Cl)cc2)c1C(=O)O)c1ccc2nccn2c1. The van der Waals surface area contributed by atoms with Crippen molar-refractivity contribution in [3.05, 3.63) is 76.5 Å². The third-order valence-electron chi connectivity index (χ3n) is 4.04.